The second kappa shape index (κ2) is 7.08. The van der Waals surface area contributed by atoms with Crippen molar-refractivity contribution in [3.05, 3.63) is 12.7 Å². The predicted octanol–water partition coefficient (Wildman–Crippen LogP) is 2.68. The van der Waals surface area contributed by atoms with Gasteiger partial charge in [0, 0.05) is 19.2 Å². The highest BCUT2D eigenvalue weighted by molar-refractivity contribution is 4.82. The normalized spacial score (nSPS) is 26.3. The van der Waals surface area contributed by atoms with Crippen LogP contribution in [0.1, 0.15) is 39.5 Å². The average molecular weight is 225 g/mol. The van der Waals surface area contributed by atoms with E-state index in [1.807, 2.05) is 6.08 Å². The number of likely N-dealkylation sites (tertiary alicyclic amines) is 1. The largest absolute Gasteiger partial charge is 0.396 e. The number of hydrogen-bond donors (Lipinski definition) is 1. The van der Waals surface area contributed by atoms with Crippen LogP contribution in [0.3, 0.4) is 0 Å². The van der Waals surface area contributed by atoms with Crippen molar-refractivity contribution in [2.75, 3.05) is 19.7 Å². The van der Waals surface area contributed by atoms with Crippen molar-refractivity contribution < 1.29 is 5.11 Å². The predicted molar refractivity (Wildman–Crippen MR) is 69.4 cm³/mol. The summed E-state index contributed by atoms with van der Waals surface area (Å²) in [7, 11) is 0. The molecule has 1 aliphatic heterocycles. The van der Waals surface area contributed by atoms with Gasteiger partial charge in [0.25, 0.3) is 0 Å². The van der Waals surface area contributed by atoms with E-state index in [-0.39, 0.29) is 0 Å². The van der Waals surface area contributed by atoms with Crippen molar-refractivity contribution in [1.29, 1.82) is 0 Å². The minimum absolute atomic E-state index is 0.342. The van der Waals surface area contributed by atoms with Crippen LogP contribution in [0, 0.1) is 11.8 Å². The Bertz CT molecular complexity index is 203. The third kappa shape index (κ3) is 3.91. The molecule has 3 unspecified atom stereocenters. The molecular weight excluding hydrogens is 198 g/mol. The first-order valence-electron chi connectivity index (χ1n) is 6.64. The molecular formula is C14H27NO. The molecule has 3 atom stereocenters. The van der Waals surface area contributed by atoms with E-state index in [2.05, 4.69) is 25.3 Å². The van der Waals surface area contributed by atoms with Gasteiger partial charge in [-0.25, -0.2) is 0 Å². The number of aliphatic hydroxyl groups is 1. The lowest BCUT2D eigenvalue weighted by atomic mass is 9.91. The molecule has 0 radical (unpaired) electrons. The van der Waals surface area contributed by atoms with Crippen LogP contribution >= 0.6 is 0 Å². The summed E-state index contributed by atoms with van der Waals surface area (Å²) in [5, 5.41) is 9.01. The molecule has 0 aromatic rings. The van der Waals surface area contributed by atoms with Crippen LogP contribution in [0.2, 0.25) is 0 Å². The van der Waals surface area contributed by atoms with Crippen molar-refractivity contribution in [1.82, 2.24) is 4.90 Å². The summed E-state index contributed by atoms with van der Waals surface area (Å²) < 4.78 is 0. The average Bonchev–Trinajstić information content (AvgIpc) is 2.29. The molecule has 0 saturated carbocycles. The molecule has 1 rings (SSSR count). The molecule has 0 amide bonds. The van der Waals surface area contributed by atoms with Crippen LogP contribution < -0.4 is 0 Å². The van der Waals surface area contributed by atoms with Gasteiger partial charge >= 0.3 is 0 Å². The standard InChI is InChI=1S/C14H27NO/c1-4-6-12(2)13(3)15-9-5-7-14(11-15)8-10-16/h4,12-14,16H,1,5-11H2,2-3H3. The summed E-state index contributed by atoms with van der Waals surface area (Å²) in [6.45, 7) is 11.2. The molecule has 0 bridgehead atoms. The Hall–Kier alpha value is -0.340. The van der Waals surface area contributed by atoms with E-state index in [1.54, 1.807) is 0 Å². The summed E-state index contributed by atoms with van der Waals surface area (Å²) in [5.41, 5.74) is 0. The molecule has 0 aromatic heterocycles. The molecule has 1 aliphatic rings. The van der Waals surface area contributed by atoms with Gasteiger partial charge in [0.15, 0.2) is 0 Å². The van der Waals surface area contributed by atoms with E-state index in [0.29, 0.717) is 24.5 Å². The Morgan fingerprint density at radius 3 is 2.88 bits per heavy atom. The van der Waals surface area contributed by atoms with Crippen LogP contribution in [0.15, 0.2) is 12.7 Å². The quantitative estimate of drug-likeness (QED) is 0.703. The van der Waals surface area contributed by atoms with Crippen LogP contribution in [0.25, 0.3) is 0 Å². The van der Waals surface area contributed by atoms with Crippen LogP contribution in [-0.4, -0.2) is 35.7 Å². The monoisotopic (exact) mass is 225 g/mol. The second-order valence-corrected chi connectivity index (χ2v) is 5.26. The molecule has 0 spiro atoms. The maximum atomic E-state index is 9.01. The SMILES string of the molecule is C=CCC(C)C(C)N1CCCC(CCO)C1. The van der Waals surface area contributed by atoms with Crippen LogP contribution in [-0.2, 0) is 0 Å². The van der Waals surface area contributed by atoms with Gasteiger partial charge in [0.1, 0.15) is 0 Å². The first-order valence-corrected chi connectivity index (χ1v) is 6.64. The zero-order chi connectivity index (χ0) is 12.0. The number of allylic oxidation sites excluding steroid dienone is 1. The van der Waals surface area contributed by atoms with E-state index in [1.165, 1.54) is 25.9 Å². The number of rotatable bonds is 6. The van der Waals surface area contributed by atoms with Gasteiger partial charge in [0.2, 0.25) is 0 Å². The van der Waals surface area contributed by atoms with Gasteiger partial charge < -0.3 is 10.0 Å². The molecule has 1 saturated heterocycles. The van der Waals surface area contributed by atoms with Crippen LogP contribution in [0.4, 0.5) is 0 Å². The first-order chi connectivity index (χ1) is 7.69. The first kappa shape index (κ1) is 13.7. The fraction of sp³-hybridized carbons (Fsp3) is 0.857. The van der Waals surface area contributed by atoms with E-state index in [9.17, 15) is 0 Å². The fourth-order valence-corrected chi connectivity index (χ4v) is 2.71. The second-order valence-electron chi connectivity index (χ2n) is 5.26. The maximum Gasteiger partial charge on any atom is 0.0434 e. The molecule has 1 N–H and O–H groups in total. The molecule has 94 valence electrons. The Morgan fingerprint density at radius 2 is 2.25 bits per heavy atom. The lowest BCUT2D eigenvalue weighted by molar-refractivity contribution is 0.0901. The highest BCUT2D eigenvalue weighted by atomic mass is 16.3. The van der Waals surface area contributed by atoms with Gasteiger partial charge in [-0.15, -0.1) is 6.58 Å². The van der Waals surface area contributed by atoms with E-state index in [0.717, 1.165) is 12.8 Å². The molecule has 1 fully saturated rings. The summed E-state index contributed by atoms with van der Waals surface area (Å²) in [4.78, 5) is 2.60. The topological polar surface area (TPSA) is 23.5 Å². The zero-order valence-corrected chi connectivity index (χ0v) is 10.9. The van der Waals surface area contributed by atoms with Crippen molar-refractivity contribution in [2.45, 2.75) is 45.6 Å². The van der Waals surface area contributed by atoms with Gasteiger partial charge in [-0.05, 0) is 51.0 Å². The highest BCUT2D eigenvalue weighted by Gasteiger charge is 2.25. The van der Waals surface area contributed by atoms with Crippen molar-refractivity contribution in [3.63, 3.8) is 0 Å². The Balaban J connectivity index is 2.42. The van der Waals surface area contributed by atoms with E-state index in [4.69, 9.17) is 5.11 Å². The Kier molecular flexibility index (Phi) is 6.07. The highest BCUT2D eigenvalue weighted by Crippen LogP contribution is 2.24. The van der Waals surface area contributed by atoms with Gasteiger partial charge in [-0.3, -0.25) is 0 Å². The van der Waals surface area contributed by atoms with Crippen molar-refractivity contribution in [3.8, 4) is 0 Å². The van der Waals surface area contributed by atoms with Gasteiger partial charge in [0.05, 0.1) is 0 Å². The number of aliphatic hydroxyl groups excluding tert-OH is 1. The van der Waals surface area contributed by atoms with Gasteiger partial charge in [-0.1, -0.05) is 13.0 Å². The van der Waals surface area contributed by atoms with E-state index >= 15 is 0 Å². The molecule has 0 aromatic carbocycles. The fourth-order valence-electron chi connectivity index (χ4n) is 2.71. The maximum absolute atomic E-state index is 9.01. The molecule has 0 aliphatic carbocycles. The minimum Gasteiger partial charge on any atom is -0.396 e. The summed E-state index contributed by atoms with van der Waals surface area (Å²) in [6.07, 6.45) is 6.67. The summed E-state index contributed by atoms with van der Waals surface area (Å²) in [6, 6.07) is 0.638. The molecule has 2 heteroatoms. The summed E-state index contributed by atoms with van der Waals surface area (Å²) >= 11 is 0. The molecule has 16 heavy (non-hydrogen) atoms. The Labute approximate surface area is 100 Å². The summed E-state index contributed by atoms with van der Waals surface area (Å²) in [5.74, 6) is 1.39. The van der Waals surface area contributed by atoms with E-state index < -0.39 is 0 Å². The molecule has 2 nitrogen and oxygen atoms in total. The number of nitrogens with zero attached hydrogens (tertiary/aromatic N) is 1. The molecule has 1 heterocycles. The minimum atomic E-state index is 0.342. The van der Waals surface area contributed by atoms with Gasteiger partial charge in [-0.2, -0.15) is 0 Å². The Morgan fingerprint density at radius 1 is 1.50 bits per heavy atom. The lowest BCUT2D eigenvalue weighted by Crippen LogP contribution is -2.44. The van der Waals surface area contributed by atoms with Crippen molar-refractivity contribution >= 4 is 0 Å². The van der Waals surface area contributed by atoms with Crippen molar-refractivity contribution in [2.24, 2.45) is 11.8 Å². The number of piperidine rings is 1. The third-order valence-electron chi connectivity index (χ3n) is 4.03. The third-order valence-corrected chi connectivity index (χ3v) is 4.03. The lowest BCUT2D eigenvalue weighted by Gasteiger charge is -2.39. The van der Waals surface area contributed by atoms with Crippen LogP contribution in [0.5, 0.6) is 0 Å². The zero-order valence-electron chi connectivity index (χ0n) is 10.9. The number of hydrogen-bond acceptors (Lipinski definition) is 2. The smallest absolute Gasteiger partial charge is 0.0434 e.